The van der Waals surface area contributed by atoms with E-state index in [1.165, 1.54) is 6.07 Å². The second kappa shape index (κ2) is 6.16. The Kier molecular flexibility index (Phi) is 4.55. The molecule has 19 heavy (non-hydrogen) atoms. The monoisotopic (exact) mass is 384 g/mol. The number of nitro benzene ring substituents is 1. The molecule has 0 aliphatic heterocycles. The molecule has 2 aromatic rings. The maximum absolute atomic E-state index is 11.0. The minimum Gasteiger partial charge on any atom is -0.381 e. The molecule has 0 amide bonds. The van der Waals surface area contributed by atoms with Crippen LogP contribution in [-0.4, -0.2) is 4.92 Å². The van der Waals surface area contributed by atoms with E-state index in [4.69, 9.17) is 0 Å². The van der Waals surface area contributed by atoms with E-state index in [-0.39, 0.29) is 10.6 Å². The van der Waals surface area contributed by atoms with Crippen molar-refractivity contribution < 1.29 is 4.92 Å². The Labute approximate surface area is 127 Å². The van der Waals surface area contributed by atoms with Crippen molar-refractivity contribution in [2.24, 2.45) is 0 Å². The Bertz CT molecular complexity index is 617. The average molecular weight is 386 g/mol. The fraction of sp³-hybridized carbons (Fsp3) is 0.0769. The van der Waals surface area contributed by atoms with Gasteiger partial charge in [-0.2, -0.15) is 0 Å². The van der Waals surface area contributed by atoms with Gasteiger partial charge in [0.05, 0.1) is 4.92 Å². The van der Waals surface area contributed by atoms with Gasteiger partial charge in [-0.3, -0.25) is 10.1 Å². The highest BCUT2D eigenvalue weighted by Crippen LogP contribution is 2.24. The van der Waals surface area contributed by atoms with Gasteiger partial charge in [0.15, 0.2) is 0 Å². The van der Waals surface area contributed by atoms with Crippen molar-refractivity contribution in [1.82, 2.24) is 0 Å². The number of benzene rings is 2. The van der Waals surface area contributed by atoms with E-state index in [1.807, 2.05) is 24.3 Å². The Balaban J connectivity index is 2.19. The van der Waals surface area contributed by atoms with Crippen molar-refractivity contribution in [3.05, 3.63) is 67.1 Å². The molecule has 0 atom stereocenters. The lowest BCUT2D eigenvalue weighted by Gasteiger charge is -2.08. The van der Waals surface area contributed by atoms with Crippen LogP contribution >= 0.6 is 31.9 Å². The molecule has 0 fully saturated rings. The molecule has 0 aliphatic carbocycles. The normalized spacial score (nSPS) is 10.2. The van der Waals surface area contributed by atoms with Crippen LogP contribution in [0.5, 0.6) is 0 Å². The Morgan fingerprint density at radius 3 is 2.53 bits per heavy atom. The minimum atomic E-state index is -0.371. The molecular weight excluding hydrogens is 376 g/mol. The predicted octanol–water partition coefficient (Wildman–Crippen LogP) is 4.73. The molecule has 0 spiro atoms. The second-order valence-electron chi connectivity index (χ2n) is 3.89. The van der Waals surface area contributed by atoms with E-state index in [0.29, 0.717) is 12.1 Å². The molecule has 2 aromatic carbocycles. The zero-order valence-corrected chi connectivity index (χ0v) is 12.9. The standard InChI is InChI=1S/C13H10Br2N2O2/c14-10-2-1-3-12(7-10)16-8-9-6-11(15)4-5-13(9)17(18)19/h1-7,16H,8H2. The lowest BCUT2D eigenvalue weighted by Crippen LogP contribution is -2.03. The third kappa shape index (κ3) is 3.78. The third-order valence-corrected chi connectivity index (χ3v) is 3.53. The van der Waals surface area contributed by atoms with Gasteiger partial charge >= 0.3 is 0 Å². The number of nitro groups is 1. The van der Waals surface area contributed by atoms with Gasteiger partial charge in [-0.15, -0.1) is 0 Å². The quantitative estimate of drug-likeness (QED) is 0.611. The maximum atomic E-state index is 11.0. The van der Waals surface area contributed by atoms with E-state index >= 15 is 0 Å². The Hall–Kier alpha value is -1.40. The SMILES string of the molecule is O=[N+]([O-])c1ccc(Br)cc1CNc1cccc(Br)c1. The predicted molar refractivity (Wildman–Crippen MR) is 82.3 cm³/mol. The lowest BCUT2D eigenvalue weighted by molar-refractivity contribution is -0.385. The number of anilines is 1. The van der Waals surface area contributed by atoms with E-state index in [0.717, 1.165) is 14.6 Å². The summed E-state index contributed by atoms with van der Waals surface area (Å²) in [6.45, 7) is 0.395. The molecule has 0 saturated heterocycles. The van der Waals surface area contributed by atoms with Crippen LogP contribution in [0.3, 0.4) is 0 Å². The van der Waals surface area contributed by atoms with Crippen LogP contribution < -0.4 is 5.32 Å². The van der Waals surface area contributed by atoms with Gasteiger partial charge in [0.2, 0.25) is 0 Å². The first-order valence-corrected chi connectivity index (χ1v) is 7.07. The molecule has 0 unspecified atom stereocenters. The van der Waals surface area contributed by atoms with Crippen LogP contribution in [0.2, 0.25) is 0 Å². The lowest BCUT2D eigenvalue weighted by atomic mass is 10.2. The van der Waals surface area contributed by atoms with E-state index in [9.17, 15) is 10.1 Å². The number of hydrogen-bond acceptors (Lipinski definition) is 3. The summed E-state index contributed by atoms with van der Waals surface area (Å²) >= 11 is 6.71. The molecule has 0 radical (unpaired) electrons. The fourth-order valence-corrected chi connectivity index (χ4v) is 2.48. The van der Waals surface area contributed by atoms with Gasteiger partial charge in [-0.1, -0.05) is 37.9 Å². The average Bonchev–Trinajstić information content (AvgIpc) is 2.36. The van der Waals surface area contributed by atoms with Crippen LogP contribution in [-0.2, 0) is 6.54 Å². The third-order valence-electron chi connectivity index (χ3n) is 2.55. The van der Waals surface area contributed by atoms with Crippen molar-refractivity contribution in [3.8, 4) is 0 Å². The molecule has 0 saturated carbocycles. The molecule has 1 N–H and O–H groups in total. The number of hydrogen-bond donors (Lipinski definition) is 1. The van der Waals surface area contributed by atoms with Gasteiger partial charge in [-0.25, -0.2) is 0 Å². The first-order valence-electron chi connectivity index (χ1n) is 5.48. The summed E-state index contributed by atoms with van der Waals surface area (Å²) in [6, 6.07) is 12.6. The Morgan fingerprint density at radius 1 is 1.11 bits per heavy atom. The maximum Gasteiger partial charge on any atom is 0.274 e. The van der Waals surface area contributed by atoms with Gasteiger partial charge in [0.1, 0.15) is 0 Å². The molecule has 98 valence electrons. The van der Waals surface area contributed by atoms with Gasteiger partial charge in [-0.05, 0) is 30.3 Å². The minimum absolute atomic E-state index is 0.116. The van der Waals surface area contributed by atoms with Gasteiger partial charge in [0, 0.05) is 32.8 Å². The van der Waals surface area contributed by atoms with Crippen LogP contribution in [0.1, 0.15) is 5.56 Å². The van der Waals surface area contributed by atoms with E-state index < -0.39 is 0 Å². The second-order valence-corrected chi connectivity index (χ2v) is 5.73. The molecule has 0 aromatic heterocycles. The molecule has 0 heterocycles. The van der Waals surface area contributed by atoms with Crippen molar-refractivity contribution in [1.29, 1.82) is 0 Å². The van der Waals surface area contributed by atoms with Crippen molar-refractivity contribution in [2.75, 3.05) is 5.32 Å². The first kappa shape index (κ1) is 14.0. The number of nitrogens with zero attached hydrogens (tertiary/aromatic N) is 1. The summed E-state index contributed by atoms with van der Waals surface area (Å²) in [5, 5.41) is 14.1. The molecule has 6 heteroatoms. The molecule has 0 aliphatic rings. The van der Waals surface area contributed by atoms with E-state index in [1.54, 1.807) is 12.1 Å². The summed E-state index contributed by atoms with van der Waals surface area (Å²) in [5.74, 6) is 0. The zero-order valence-electron chi connectivity index (χ0n) is 9.77. The molecule has 2 rings (SSSR count). The number of halogens is 2. The zero-order chi connectivity index (χ0) is 13.8. The first-order chi connectivity index (χ1) is 9.06. The molecular formula is C13H10Br2N2O2. The smallest absolute Gasteiger partial charge is 0.274 e. The molecule has 4 nitrogen and oxygen atoms in total. The van der Waals surface area contributed by atoms with Crippen LogP contribution in [0.25, 0.3) is 0 Å². The van der Waals surface area contributed by atoms with Crippen LogP contribution in [0.15, 0.2) is 51.4 Å². The number of rotatable bonds is 4. The highest BCUT2D eigenvalue weighted by Gasteiger charge is 2.13. The van der Waals surface area contributed by atoms with Crippen molar-refractivity contribution in [2.45, 2.75) is 6.54 Å². The Morgan fingerprint density at radius 2 is 1.84 bits per heavy atom. The highest BCUT2D eigenvalue weighted by atomic mass is 79.9. The topological polar surface area (TPSA) is 55.2 Å². The van der Waals surface area contributed by atoms with E-state index in [2.05, 4.69) is 37.2 Å². The van der Waals surface area contributed by atoms with Crippen molar-refractivity contribution >= 4 is 43.2 Å². The fourth-order valence-electron chi connectivity index (χ4n) is 1.67. The van der Waals surface area contributed by atoms with Crippen molar-refractivity contribution in [3.63, 3.8) is 0 Å². The molecule has 0 bridgehead atoms. The number of nitrogens with one attached hydrogen (secondary N) is 1. The summed E-state index contributed by atoms with van der Waals surface area (Å²) in [6.07, 6.45) is 0. The van der Waals surface area contributed by atoms with Gasteiger partial charge < -0.3 is 5.32 Å². The van der Waals surface area contributed by atoms with Crippen LogP contribution in [0, 0.1) is 10.1 Å². The summed E-state index contributed by atoms with van der Waals surface area (Å²) in [4.78, 5) is 10.6. The summed E-state index contributed by atoms with van der Waals surface area (Å²) in [5.41, 5.74) is 1.66. The summed E-state index contributed by atoms with van der Waals surface area (Å²) < 4.78 is 1.78. The van der Waals surface area contributed by atoms with Gasteiger partial charge in [0.25, 0.3) is 5.69 Å². The summed E-state index contributed by atoms with van der Waals surface area (Å²) in [7, 11) is 0. The largest absolute Gasteiger partial charge is 0.381 e. The van der Waals surface area contributed by atoms with Crippen LogP contribution in [0.4, 0.5) is 11.4 Å². The highest BCUT2D eigenvalue weighted by molar-refractivity contribution is 9.10.